The van der Waals surface area contributed by atoms with Gasteiger partial charge in [0.1, 0.15) is 6.04 Å². The van der Waals surface area contributed by atoms with Crippen molar-refractivity contribution in [1.29, 1.82) is 0 Å². The quantitative estimate of drug-likeness (QED) is 0.105. The summed E-state index contributed by atoms with van der Waals surface area (Å²) in [7, 11) is 3.12. The van der Waals surface area contributed by atoms with E-state index in [1.165, 1.54) is 18.9 Å². The fourth-order valence-electron chi connectivity index (χ4n) is 6.11. The van der Waals surface area contributed by atoms with Crippen molar-refractivity contribution in [2.75, 3.05) is 12.9 Å². The predicted octanol–water partition coefficient (Wildman–Crippen LogP) is 5.54. The van der Waals surface area contributed by atoms with E-state index >= 15 is 0 Å². The van der Waals surface area contributed by atoms with Crippen LogP contribution in [-0.2, 0) is 45.6 Å². The molecule has 0 aliphatic carbocycles. The number of nitrogens with zero attached hydrogens (tertiary/aromatic N) is 4. The minimum absolute atomic E-state index is 0.00992. The molecule has 13 heteroatoms. The summed E-state index contributed by atoms with van der Waals surface area (Å²) >= 11 is 1.53. The van der Waals surface area contributed by atoms with Gasteiger partial charge in [-0.1, -0.05) is 110 Å². The van der Waals surface area contributed by atoms with Crippen molar-refractivity contribution in [2.24, 2.45) is 13.0 Å². The second kappa shape index (κ2) is 17.4. The molecule has 0 spiro atoms. The van der Waals surface area contributed by atoms with Gasteiger partial charge in [0.05, 0.1) is 25.9 Å². The Labute approximate surface area is 306 Å². The molecule has 0 saturated carbocycles. The molecule has 2 amide bonds. The molecule has 6 rings (SSSR count). The number of rotatable bonds is 13. The standard InChI is InChI=1S/C39H42N6O6S/c1-25-34(24-52-39-42-43-44-45(39)2)50-37(51-35(25)29-17-15-27(23-46)16-18-29)32-14-8-13-31(21-32)30-12-7-11-28(19-30)22-40-38(48)41-33(36(47)49-3)20-26-9-5-4-6-10-26/h4-19,21,25,33-35,37,46H,20,22-24H2,1-3H3,(H2,40,41,48)/t25-,33+,34+,35+,37+/m1/s1. The third-order valence-electron chi connectivity index (χ3n) is 9.03. The fourth-order valence-corrected chi connectivity index (χ4v) is 7.13. The molecule has 1 aromatic heterocycles. The number of aliphatic hydroxyl groups is 1. The number of aromatic nitrogens is 4. The summed E-state index contributed by atoms with van der Waals surface area (Å²) in [6, 6.07) is 32.0. The SMILES string of the molecule is COC(=O)[C@H](Cc1ccccc1)NC(=O)NCc1cccc(-c2cccc([C@H]3O[C@@H](CSc4nnnn4C)[C@@H](C)[C@@H](c4ccc(CO)cc4)O3)c2)c1. The highest BCUT2D eigenvalue weighted by Crippen LogP contribution is 2.43. The zero-order valence-corrected chi connectivity index (χ0v) is 30.0. The summed E-state index contributed by atoms with van der Waals surface area (Å²) in [6.45, 7) is 2.35. The van der Waals surface area contributed by atoms with Crippen molar-refractivity contribution in [1.82, 2.24) is 30.8 Å². The lowest BCUT2D eigenvalue weighted by atomic mass is 9.91. The molecule has 3 N–H and O–H groups in total. The normalized spacial score (nSPS) is 19.1. The van der Waals surface area contributed by atoms with Gasteiger partial charge >= 0.3 is 12.0 Å². The van der Waals surface area contributed by atoms with Gasteiger partial charge in [0.25, 0.3) is 0 Å². The second-order valence-electron chi connectivity index (χ2n) is 12.6. The minimum atomic E-state index is -0.824. The van der Waals surface area contributed by atoms with E-state index in [0.29, 0.717) is 17.3 Å². The molecule has 2 heterocycles. The van der Waals surface area contributed by atoms with Crippen molar-refractivity contribution >= 4 is 23.8 Å². The Hall–Kier alpha value is -5.08. The molecule has 0 unspecified atom stereocenters. The van der Waals surface area contributed by atoms with Gasteiger partial charge in [-0.15, -0.1) is 5.10 Å². The average Bonchev–Trinajstić information content (AvgIpc) is 3.60. The van der Waals surface area contributed by atoms with Crippen LogP contribution in [0.5, 0.6) is 0 Å². The smallest absolute Gasteiger partial charge is 0.328 e. The molecule has 5 atom stereocenters. The average molecular weight is 723 g/mol. The number of tetrazole rings is 1. The molecular weight excluding hydrogens is 681 g/mol. The van der Waals surface area contributed by atoms with Gasteiger partial charge in [-0.3, -0.25) is 0 Å². The molecular formula is C39H42N6O6S. The van der Waals surface area contributed by atoms with Crippen LogP contribution in [0, 0.1) is 5.92 Å². The van der Waals surface area contributed by atoms with E-state index in [1.807, 2.05) is 104 Å². The predicted molar refractivity (Wildman–Crippen MR) is 196 cm³/mol. The summed E-state index contributed by atoms with van der Waals surface area (Å²) in [5.41, 5.74) is 6.42. The maximum Gasteiger partial charge on any atom is 0.328 e. The monoisotopic (exact) mass is 722 g/mol. The van der Waals surface area contributed by atoms with Crippen LogP contribution in [0.2, 0.25) is 0 Å². The Morgan fingerprint density at radius 2 is 1.63 bits per heavy atom. The number of esters is 1. The Kier molecular flexibility index (Phi) is 12.3. The van der Waals surface area contributed by atoms with Gasteiger partial charge in [-0.2, -0.15) is 0 Å². The Morgan fingerprint density at radius 3 is 2.35 bits per heavy atom. The molecule has 270 valence electrons. The maximum absolute atomic E-state index is 12.9. The zero-order valence-electron chi connectivity index (χ0n) is 29.2. The lowest BCUT2D eigenvalue weighted by molar-refractivity contribution is -0.268. The Morgan fingerprint density at radius 1 is 0.904 bits per heavy atom. The fraction of sp³-hybridized carbons (Fsp3) is 0.308. The van der Waals surface area contributed by atoms with Gasteiger partial charge < -0.3 is 30.0 Å². The van der Waals surface area contributed by atoms with E-state index in [4.69, 9.17) is 14.2 Å². The second-order valence-corrected chi connectivity index (χ2v) is 13.6. The molecule has 1 aliphatic heterocycles. The molecule has 1 aliphatic rings. The number of thioether (sulfide) groups is 1. The van der Waals surface area contributed by atoms with Gasteiger partial charge in [0.2, 0.25) is 5.16 Å². The van der Waals surface area contributed by atoms with Crippen molar-refractivity contribution in [3.63, 3.8) is 0 Å². The molecule has 12 nitrogen and oxygen atoms in total. The third-order valence-corrected chi connectivity index (χ3v) is 10.1. The molecule has 0 radical (unpaired) electrons. The first-order valence-electron chi connectivity index (χ1n) is 17.0. The number of hydrogen-bond donors (Lipinski definition) is 3. The lowest BCUT2D eigenvalue weighted by Crippen LogP contribution is -2.47. The molecule has 4 aromatic carbocycles. The topological polar surface area (TPSA) is 150 Å². The minimum Gasteiger partial charge on any atom is -0.467 e. The van der Waals surface area contributed by atoms with Crippen LogP contribution in [0.15, 0.2) is 108 Å². The molecule has 52 heavy (non-hydrogen) atoms. The van der Waals surface area contributed by atoms with Crippen LogP contribution in [-0.4, -0.2) is 62.3 Å². The largest absolute Gasteiger partial charge is 0.467 e. The van der Waals surface area contributed by atoms with Crippen LogP contribution < -0.4 is 10.6 Å². The van der Waals surface area contributed by atoms with E-state index in [2.05, 4.69) is 39.1 Å². The van der Waals surface area contributed by atoms with Crippen LogP contribution in [0.25, 0.3) is 11.1 Å². The highest BCUT2D eigenvalue weighted by Gasteiger charge is 2.38. The van der Waals surface area contributed by atoms with Crippen LogP contribution >= 0.6 is 11.8 Å². The summed E-state index contributed by atoms with van der Waals surface area (Å²) < 4.78 is 19.9. The Bertz CT molecular complexity index is 1940. The number of amides is 2. The van der Waals surface area contributed by atoms with E-state index in [-0.39, 0.29) is 31.3 Å². The summed E-state index contributed by atoms with van der Waals surface area (Å²) in [4.78, 5) is 25.3. The number of aryl methyl sites for hydroxylation is 1. The van der Waals surface area contributed by atoms with E-state index in [0.717, 1.165) is 38.9 Å². The van der Waals surface area contributed by atoms with E-state index in [1.54, 1.807) is 4.68 Å². The number of carbonyl (C=O) groups excluding carboxylic acids is 2. The molecule has 1 fully saturated rings. The van der Waals surface area contributed by atoms with Crippen molar-refractivity contribution < 1.29 is 28.9 Å². The van der Waals surface area contributed by atoms with Crippen molar-refractivity contribution in [2.45, 2.75) is 56.2 Å². The number of ether oxygens (including phenoxy) is 3. The number of carbonyl (C=O) groups is 2. The summed E-state index contributed by atoms with van der Waals surface area (Å²) in [5.74, 6) is 0.116. The van der Waals surface area contributed by atoms with E-state index < -0.39 is 24.3 Å². The van der Waals surface area contributed by atoms with Crippen LogP contribution in [0.4, 0.5) is 4.79 Å². The van der Waals surface area contributed by atoms with Gasteiger partial charge in [0, 0.05) is 37.2 Å². The van der Waals surface area contributed by atoms with Gasteiger partial charge in [0.15, 0.2) is 6.29 Å². The lowest BCUT2D eigenvalue weighted by Gasteiger charge is -2.41. The first-order valence-corrected chi connectivity index (χ1v) is 18.0. The van der Waals surface area contributed by atoms with Crippen LogP contribution in [0.1, 0.15) is 47.1 Å². The molecule has 5 aromatic rings. The number of benzene rings is 4. The zero-order chi connectivity index (χ0) is 36.5. The number of nitrogens with one attached hydrogen (secondary N) is 2. The first kappa shape index (κ1) is 36.7. The number of hydrogen-bond acceptors (Lipinski definition) is 10. The maximum atomic E-state index is 12.9. The van der Waals surface area contributed by atoms with Crippen LogP contribution in [0.3, 0.4) is 0 Å². The number of urea groups is 1. The van der Waals surface area contributed by atoms with Gasteiger partial charge in [-0.25, -0.2) is 14.3 Å². The third kappa shape index (κ3) is 9.22. The van der Waals surface area contributed by atoms with E-state index in [9.17, 15) is 14.7 Å². The highest BCUT2D eigenvalue weighted by atomic mass is 32.2. The molecule has 1 saturated heterocycles. The van der Waals surface area contributed by atoms with Crippen molar-refractivity contribution in [3.05, 3.63) is 131 Å². The summed E-state index contributed by atoms with van der Waals surface area (Å²) in [5, 5.41) is 27.7. The number of methoxy groups -OCH3 is 1. The first-order chi connectivity index (χ1) is 25.3. The van der Waals surface area contributed by atoms with Gasteiger partial charge in [-0.05, 0) is 55.9 Å². The molecule has 0 bridgehead atoms. The number of aliphatic hydroxyl groups excluding tert-OH is 1. The van der Waals surface area contributed by atoms with Crippen molar-refractivity contribution in [3.8, 4) is 11.1 Å². The summed E-state index contributed by atoms with van der Waals surface area (Å²) in [6.07, 6.45) is -0.770. The Balaban J connectivity index is 1.16. The highest BCUT2D eigenvalue weighted by molar-refractivity contribution is 7.99.